The van der Waals surface area contributed by atoms with Gasteiger partial charge < -0.3 is 8.83 Å². The van der Waals surface area contributed by atoms with Crippen LogP contribution in [0.25, 0.3) is 112 Å². The molecule has 0 atom stereocenters. The molecule has 0 saturated heterocycles. The van der Waals surface area contributed by atoms with Crippen LogP contribution in [0.15, 0.2) is 185 Å². The van der Waals surface area contributed by atoms with E-state index in [4.69, 9.17) is 33.8 Å². The molecule has 0 saturated carbocycles. The van der Waals surface area contributed by atoms with E-state index >= 15 is 0 Å². The van der Waals surface area contributed by atoms with Crippen LogP contribution in [-0.4, -0.2) is 24.9 Å². The van der Waals surface area contributed by atoms with Crippen molar-refractivity contribution < 1.29 is 8.83 Å². The molecular weight excluding hydrogens is 691 g/mol. The lowest BCUT2D eigenvalue weighted by Gasteiger charge is -2.09. The second-order valence-electron chi connectivity index (χ2n) is 13.7. The highest BCUT2D eigenvalue weighted by Crippen LogP contribution is 2.40. The van der Waals surface area contributed by atoms with E-state index in [0.29, 0.717) is 45.7 Å². The fourth-order valence-corrected chi connectivity index (χ4v) is 7.43. The summed E-state index contributed by atoms with van der Waals surface area (Å²) in [6.07, 6.45) is 0. The predicted molar refractivity (Wildman–Crippen MR) is 223 cm³/mol. The molecule has 4 aromatic heterocycles. The fraction of sp³-hybridized carbons (Fsp3) is 0. The third-order valence-electron chi connectivity index (χ3n) is 10.2. The number of hydrogen-bond acceptors (Lipinski definition) is 7. The summed E-state index contributed by atoms with van der Waals surface area (Å²) in [5.74, 6) is 2.31. The van der Waals surface area contributed by atoms with Crippen LogP contribution in [0.4, 0.5) is 0 Å². The molecule has 262 valence electrons. The SMILES string of the molecule is c1ccc(-c2cccc(-c3nc(-c4cccc5c4oc4cc(-c6nc(-c7ccccc7)nc(-c7ccccc7)n6)ccc45)nc4c3oc3ccccc34)c2)cc1. The van der Waals surface area contributed by atoms with Gasteiger partial charge in [-0.15, -0.1) is 0 Å². The van der Waals surface area contributed by atoms with Crippen LogP contribution in [0, 0.1) is 0 Å². The molecule has 0 amide bonds. The number of furan rings is 2. The van der Waals surface area contributed by atoms with E-state index in [-0.39, 0.29) is 0 Å². The van der Waals surface area contributed by atoms with Gasteiger partial charge >= 0.3 is 0 Å². The van der Waals surface area contributed by atoms with Crippen molar-refractivity contribution in [3.63, 3.8) is 0 Å². The Morgan fingerprint density at radius 2 is 0.875 bits per heavy atom. The first-order valence-corrected chi connectivity index (χ1v) is 18.4. The summed E-state index contributed by atoms with van der Waals surface area (Å²) in [4.78, 5) is 25.2. The van der Waals surface area contributed by atoms with Gasteiger partial charge in [-0.2, -0.15) is 0 Å². The Balaban J connectivity index is 1.08. The highest BCUT2D eigenvalue weighted by Gasteiger charge is 2.22. The summed E-state index contributed by atoms with van der Waals surface area (Å²) >= 11 is 0. The van der Waals surface area contributed by atoms with Crippen LogP contribution in [0.5, 0.6) is 0 Å². The molecule has 0 N–H and O–H groups in total. The second-order valence-corrected chi connectivity index (χ2v) is 13.7. The largest absolute Gasteiger partial charge is 0.455 e. The van der Waals surface area contributed by atoms with E-state index in [1.807, 2.05) is 127 Å². The van der Waals surface area contributed by atoms with Crippen LogP contribution in [0.3, 0.4) is 0 Å². The number of nitrogens with zero attached hydrogens (tertiary/aromatic N) is 5. The maximum atomic E-state index is 6.76. The number of benzene rings is 7. The lowest BCUT2D eigenvalue weighted by molar-refractivity contribution is 0.666. The van der Waals surface area contributed by atoms with Gasteiger partial charge in [-0.3, -0.25) is 0 Å². The predicted octanol–water partition coefficient (Wildman–Crippen LogP) is 12.5. The standard InChI is InChI=1S/C49H29N5O2/c1-4-14-30(15-5-1)33-20-12-21-34(28-33)42-45-43(38-22-10-11-25-40(38)55-45)51-49(50-42)39-24-13-23-37-36-27-26-35(29-41(36)56-44(37)39)48-53-46(31-16-6-2-7-17-31)52-47(54-48)32-18-8-3-9-19-32/h1-29H. The van der Waals surface area contributed by atoms with Gasteiger partial charge in [-0.05, 0) is 47.5 Å². The Bertz CT molecular complexity index is 3190. The van der Waals surface area contributed by atoms with E-state index in [1.165, 1.54) is 0 Å². The summed E-state index contributed by atoms with van der Waals surface area (Å²) in [5.41, 5.74) is 10.8. The first kappa shape index (κ1) is 31.7. The van der Waals surface area contributed by atoms with Crippen LogP contribution in [-0.2, 0) is 0 Å². The topological polar surface area (TPSA) is 90.7 Å². The number of rotatable bonds is 6. The van der Waals surface area contributed by atoms with Crippen molar-refractivity contribution >= 4 is 44.0 Å². The molecule has 7 aromatic carbocycles. The number of aromatic nitrogens is 5. The minimum atomic E-state index is 0.548. The molecule has 0 spiro atoms. The zero-order valence-corrected chi connectivity index (χ0v) is 29.8. The van der Waals surface area contributed by atoms with Gasteiger partial charge in [-0.25, -0.2) is 24.9 Å². The van der Waals surface area contributed by atoms with E-state index < -0.39 is 0 Å². The minimum absolute atomic E-state index is 0.548. The van der Waals surface area contributed by atoms with E-state index in [9.17, 15) is 0 Å². The van der Waals surface area contributed by atoms with Gasteiger partial charge in [0.25, 0.3) is 0 Å². The first-order valence-electron chi connectivity index (χ1n) is 18.4. The molecule has 0 radical (unpaired) electrons. The molecule has 56 heavy (non-hydrogen) atoms. The normalized spacial score (nSPS) is 11.6. The van der Waals surface area contributed by atoms with Gasteiger partial charge in [0.15, 0.2) is 28.9 Å². The van der Waals surface area contributed by atoms with Crippen molar-refractivity contribution in [1.29, 1.82) is 0 Å². The summed E-state index contributed by atoms with van der Waals surface area (Å²) in [5, 5.41) is 2.86. The van der Waals surface area contributed by atoms with Crippen molar-refractivity contribution in [1.82, 2.24) is 24.9 Å². The Morgan fingerprint density at radius 3 is 1.61 bits per heavy atom. The lowest BCUT2D eigenvalue weighted by atomic mass is 10.0. The third-order valence-corrected chi connectivity index (χ3v) is 10.2. The van der Waals surface area contributed by atoms with Crippen LogP contribution >= 0.6 is 0 Å². The molecular formula is C49H29N5O2. The van der Waals surface area contributed by atoms with Gasteiger partial charge in [0.05, 0.1) is 5.56 Å². The molecule has 0 fully saturated rings. The number of fused-ring (bicyclic) bond motifs is 6. The molecule has 4 heterocycles. The van der Waals surface area contributed by atoms with E-state index in [0.717, 1.165) is 66.2 Å². The zero-order chi connectivity index (χ0) is 37.0. The van der Waals surface area contributed by atoms with Crippen molar-refractivity contribution in [3.8, 4) is 67.9 Å². The Kier molecular flexibility index (Phi) is 7.35. The van der Waals surface area contributed by atoms with Crippen LogP contribution in [0.2, 0.25) is 0 Å². The summed E-state index contributed by atoms with van der Waals surface area (Å²) in [7, 11) is 0. The van der Waals surface area contributed by atoms with Gasteiger partial charge in [0, 0.05) is 38.4 Å². The molecule has 0 aliphatic carbocycles. The lowest BCUT2D eigenvalue weighted by Crippen LogP contribution is -2.00. The maximum absolute atomic E-state index is 6.76. The van der Waals surface area contributed by atoms with Crippen LogP contribution < -0.4 is 0 Å². The number of hydrogen-bond donors (Lipinski definition) is 0. The summed E-state index contributed by atoms with van der Waals surface area (Å²) in [6, 6.07) is 58.9. The summed E-state index contributed by atoms with van der Waals surface area (Å²) in [6.45, 7) is 0. The number of para-hydroxylation sites is 2. The molecule has 7 nitrogen and oxygen atoms in total. The Hall–Kier alpha value is -7.77. The maximum Gasteiger partial charge on any atom is 0.180 e. The molecule has 7 heteroatoms. The highest BCUT2D eigenvalue weighted by atomic mass is 16.3. The van der Waals surface area contributed by atoms with E-state index in [2.05, 4.69) is 48.5 Å². The van der Waals surface area contributed by atoms with Gasteiger partial charge in [0.2, 0.25) is 0 Å². The molecule has 0 unspecified atom stereocenters. The van der Waals surface area contributed by atoms with Crippen molar-refractivity contribution in [3.05, 3.63) is 176 Å². The van der Waals surface area contributed by atoms with Gasteiger partial charge in [-0.1, -0.05) is 140 Å². The average molecular weight is 720 g/mol. The monoisotopic (exact) mass is 719 g/mol. The van der Waals surface area contributed by atoms with Crippen molar-refractivity contribution in [2.75, 3.05) is 0 Å². The Morgan fingerprint density at radius 1 is 0.304 bits per heavy atom. The molecule has 11 rings (SSSR count). The highest BCUT2D eigenvalue weighted by molar-refractivity contribution is 6.11. The quantitative estimate of drug-likeness (QED) is 0.169. The van der Waals surface area contributed by atoms with Crippen molar-refractivity contribution in [2.24, 2.45) is 0 Å². The third kappa shape index (κ3) is 5.41. The average Bonchev–Trinajstić information content (AvgIpc) is 3.85. The molecule has 0 aliphatic rings. The van der Waals surface area contributed by atoms with Crippen LogP contribution in [0.1, 0.15) is 0 Å². The first-order chi connectivity index (χ1) is 27.7. The van der Waals surface area contributed by atoms with Gasteiger partial charge in [0.1, 0.15) is 28.0 Å². The second kappa shape index (κ2) is 13.0. The smallest absolute Gasteiger partial charge is 0.180 e. The molecule has 0 aliphatic heterocycles. The van der Waals surface area contributed by atoms with E-state index in [1.54, 1.807) is 0 Å². The van der Waals surface area contributed by atoms with Crippen molar-refractivity contribution in [2.45, 2.75) is 0 Å². The molecule has 0 bridgehead atoms. The minimum Gasteiger partial charge on any atom is -0.455 e. The summed E-state index contributed by atoms with van der Waals surface area (Å²) < 4.78 is 13.2. The Labute approximate surface area is 320 Å². The molecule has 11 aromatic rings. The fourth-order valence-electron chi connectivity index (χ4n) is 7.43. The zero-order valence-electron chi connectivity index (χ0n) is 29.8.